The molecule has 2 aliphatic heterocycles. The molecule has 2 fully saturated rings. The van der Waals surface area contributed by atoms with Crippen molar-refractivity contribution in [2.75, 3.05) is 50.9 Å². The van der Waals surface area contributed by atoms with Gasteiger partial charge < -0.3 is 29.5 Å². The molecule has 59 heavy (non-hydrogen) atoms. The molecule has 2 atom stereocenters. The molecule has 6 rings (SSSR count). The van der Waals surface area contributed by atoms with Crippen molar-refractivity contribution in [2.24, 2.45) is 0 Å². The lowest BCUT2D eigenvalue weighted by atomic mass is 9.74. The van der Waals surface area contributed by atoms with E-state index < -0.39 is 24.1 Å². The molecule has 316 valence electrons. The van der Waals surface area contributed by atoms with Crippen LogP contribution in [0.3, 0.4) is 0 Å². The van der Waals surface area contributed by atoms with Crippen molar-refractivity contribution in [1.82, 2.24) is 9.80 Å². The lowest BCUT2D eigenvalue weighted by Gasteiger charge is -2.35. The third-order valence-corrected chi connectivity index (χ3v) is 11.5. The van der Waals surface area contributed by atoms with Gasteiger partial charge >= 0.3 is 24.1 Å². The highest BCUT2D eigenvalue weighted by molar-refractivity contribution is 5.91. The predicted molar refractivity (Wildman–Crippen MR) is 233 cm³/mol. The van der Waals surface area contributed by atoms with E-state index >= 15 is 0 Å². The molecule has 0 saturated carbocycles. The molecule has 0 aromatic heterocycles. The number of carboxylic acids is 2. The summed E-state index contributed by atoms with van der Waals surface area (Å²) in [6.45, 7) is 8.66. The van der Waals surface area contributed by atoms with Crippen LogP contribution in [0.25, 0.3) is 0 Å². The number of hydrogen-bond donors (Lipinski definition) is 4. The summed E-state index contributed by atoms with van der Waals surface area (Å²) < 4.78 is 11.0. The monoisotopic (exact) mass is 828 g/mol. The van der Waals surface area contributed by atoms with E-state index in [4.69, 9.17) is 19.7 Å². The Labute approximate surface area is 353 Å². The predicted octanol–water partition coefficient (Wildman–Crippen LogP) is 9.94. The van der Waals surface area contributed by atoms with E-state index in [-0.39, 0.29) is 34.4 Å². The van der Waals surface area contributed by atoms with E-state index in [1.807, 2.05) is 24.3 Å². The Bertz CT molecular complexity index is 1880. The molecule has 2 aliphatic rings. The zero-order chi connectivity index (χ0) is 41.7. The van der Waals surface area contributed by atoms with Crippen LogP contribution in [0.2, 0.25) is 0 Å². The number of carboxylic acid groups (broad SMARTS) is 2. The van der Waals surface area contributed by atoms with Crippen LogP contribution >= 0.6 is 12.4 Å². The Morgan fingerprint density at radius 1 is 0.593 bits per heavy atom. The third-order valence-electron chi connectivity index (χ3n) is 11.5. The number of aromatic carboxylic acids is 2. The summed E-state index contributed by atoms with van der Waals surface area (Å²) in [7, 11) is 4.33. The smallest absolute Gasteiger partial charge is 0.417 e. The van der Waals surface area contributed by atoms with Crippen LogP contribution in [0.15, 0.2) is 97.1 Å². The molecule has 4 aromatic carbocycles. The van der Waals surface area contributed by atoms with Gasteiger partial charge in [0.05, 0.1) is 11.1 Å². The Morgan fingerprint density at radius 3 is 1.31 bits per heavy atom. The first kappa shape index (κ1) is 46.3. The van der Waals surface area contributed by atoms with Gasteiger partial charge in [0.15, 0.2) is 0 Å². The largest absolute Gasteiger partial charge is 0.478 e. The van der Waals surface area contributed by atoms with Crippen LogP contribution in [-0.2, 0) is 10.8 Å². The molecule has 0 bridgehead atoms. The van der Waals surface area contributed by atoms with Crippen LogP contribution < -0.4 is 20.1 Å². The molecule has 2 saturated heterocycles. The van der Waals surface area contributed by atoms with E-state index in [1.54, 1.807) is 12.1 Å². The minimum absolute atomic E-state index is 0. The lowest BCUT2D eigenvalue weighted by Crippen LogP contribution is -2.37. The van der Waals surface area contributed by atoms with Gasteiger partial charge in [-0.15, -0.1) is 12.4 Å². The Morgan fingerprint density at radius 2 is 0.966 bits per heavy atom. The summed E-state index contributed by atoms with van der Waals surface area (Å²) in [6.07, 6.45) is 7.90. The van der Waals surface area contributed by atoms with Crippen molar-refractivity contribution in [3.05, 3.63) is 119 Å². The number of likely N-dealkylation sites (N-methyl/N-ethyl adjacent to an activating group) is 2. The second-order valence-electron chi connectivity index (χ2n) is 15.5. The number of anilines is 2. The van der Waals surface area contributed by atoms with Crippen LogP contribution in [0.4, 0.5) is 21.0 Å². The van der Waals surface area contributed by atoms with Gasteiger partial charge in [-0.25, -0.2) is 19.2 Å². The van der Waals surface area contributed by atoms with Gasteiger partial charge in [0.1, 0.15) is 11.5 Å². The van der Waals surface area contributed by atoms with Gasteiger partial charge in [-0.3, -0.25) is 10.6 Å². The maximum Gasteiger partial charge on any atom is 0.417 e. The first-order valence-electron chi connectivity index (χ1n) is 20.1. The summed E-state index contributed by atoms with van der Waals surface area (Å²) in [6, 6.07) is 27.5. The minimum Gasteiger partial charge on any atom is -0.478 e. The number of nitrogens with zero attached hydrogens (tertiary/aromatic N) is 2. The molecule has 0 aliphatic carbocycles. The normalized spacial score (nSPS) is 19.6. The van der Waals surface area contributed by atoms with Gasteiger partial charge in [0.25, 0.3) is 0 Å². The fourth-order valence-electron chi connectivity index (χ4n) is 8.17. The number of carbonyl (C=O) groups is 4. The van der Waals surface area contributed by atoms with Crippen molar-refractivity contribution in [3.63, 3.8) is 0 Å². The highest BCUT2D eigenvalue weighted by atomic mass is 35.5. The highest BCUT2D eigenvalue weighted by Crippen LogP contribution is 2.39. The average Bonchev–Trinajstić information content (AvgIpc) is 3.54. The summed E-state index contributed by atoms with van der Waals surface area (Å²) in [5.74, 6) is -1.02. The first-order valence-corrected chi connectivity index (χ1v) is 20.1. The zero-order valence-electron chi connectivity index (χ0n) is 34.4. The molecule has 2 heterocycles. The van der Waals surface area contributed by atoms with E-state index in [2.05, 4.69) is 60.5 Å². The Kier molecular flexibility index (Phi) is 16.9. The first-order chi connectivity index (χ1) is 27.8. The molecule has 2 amide bonds. The summed E-state index contributed by atoms with van der Waals surface area (Å²) in [5, 5.41) is 23.2. The van der Waals surface area contributed by atoms with Crippen LogP contribution in [-0.4, -0.2) is 84.4 Å². The molecular weight excluding hydrogens is 772 g/mol. The molecule has 0 spiro atoms. The van der Waals surface area contributed by atoms with Gasteiger partial charge in [-0.05, 0) is 150 Å². The van der Waals surface area contributed by atoms with Crippen molar-refractivity contribution in [2.45, 2.75) is 76.0 Å². The SMILES string of the molecule is CCC1(c2cccc(OC(=O)Nc3ccc(C(=O)O)cc3)c2)CCCCN(C)C1.CCC1(c2cccc(OC(=O)Nc3ccc(C(=O)O)cc3)c2)CCCCN(C)C1.Cl. The minimum atomic E-state index is -1.01. The number of halogens is 1. The van der Waals surface area contributed by atoms with E-state index in [0.717, 1.165) is 51.9 Å². The van der Waals surface area contributed by atoms with E-state index in [9.17, 15) is 19.2 Å². The van der Waals surface area contributed by atoms with Crippen LogP contribution in [0, 0.1) is 0 Å². The number of rotatable bonds is 10. The zero-order valence-corrected chi connectivity index (χ0v) is 35.2. The molecule has 4 aromatic rings. The molecule has 13 heteroatoms. The van der Waals surface area contributed by atoms with Crippen molar-refractivity contribution in [1.29, 1.82) is 0 Å². The number of hydrogen-bond acceptors (Lipinski definition) is 8. The quantitative estimate of drug-likeness (QED) is 0.121. The molecular formula is C46H57ClN4O8. The Hall–Kier alpha value is -5.43. The lowest BCUT2D eigenvalue weighted by molar-refractivity contribution is 0.0686. The third kappa shape index (κ3) is 12.8. The number of likely N-dealkylation sites (tertiary alicyclic amines) is 2. The fourth-order valence-corrected chi connectivity index (χ4v) is 8.17. The highest BCUT2D eigenvalue weighted by Gasteiger charge is 2.34. The fraction of sp³-hybridized carbons (Fsp3) is 0.391. The van der Waals surface area contributed by atoms with Crippen molar-refractivity contribution < 1.29 is 38.9 Å². The molecule has 0 radical (unpaired) electrons. The van der Waals surface area contributed by atoms with Crippen molar-refractivity contribution in [3.8, 4) is 11.5 Å². The number of nitrogens with one attached hydrogen (secondary N) is 2. The molecule has 12 nitrogen and oxygen atoms in total. The number of ether oxygens (including phenoxy) is 2. The number of benzene rings is 4. The van der Waals surface area contributed by atoms with Crippen molar-refractivity contribution >= 4 is 47.9 Å². The second kappa shape index (κ2) is 21.5. The van der Waals surface area contributed by atoms with E-state index in [0.29, 0.717) is 22.9 Å². The Balaban J connectivity index is 0.000000256. The summed E-state index contributed by atoms with van der Waals surface area (Å²) in [4.78, 5) is 51.2. The van der Waals surface area contributed by atoms with Gasteiger partial charge in [0.2, 0.25) is 0 Å². The van der Waals surface area contributed by atoms with Gasteiger partial charge in [-0.2, -0.15) is 0 Å². The standard InChI is InChI=1S/2C23H28N2O4.ClH/c2*1-3-23(13-4-5-14-25(2)16-23)18-7-6-8-20(15-18)29-22(28)24-19-11-9-17(10-12-19)21(26)27;/h2*6-12,15H,3-5,13-14,16H2,1-2H3,(H,24,28)(H,26,27);1H. The molecule has 4 N–H and O–H groups in total. The van der Waals surface area contributed by atoms with Gasteiger partial charge in [0, 0.05) is 35.3 Å². The molecule has 2 unspecified atom stereocenters. The average molecular weight is 829 g/mol. The summed E-state index contributed by atoms with van der Waals surface area (Å²) >= 11 is 0. The van der Waals surface area contributed by atoms with Crippen LogP contribution in [0.1, 0.15) is 97.1 Å². The number of carbonyl (C=O) groups excluding carboxylic acids is 2. The number of amides is 2. The summed E-state index contributed by atoms with van der Waals surface area (Å²) in [5.41, 5.74) is 3.80. The van der Waals surface area contributed by atoms with Crippen LogP contribution in [0.5, 0.6) is 11.5 Å². The second-order valence-corrected chi connectivity index (χ2v) is 15.5. The van der Waals surface area contributed by atoms with Gasteiger partial charge in [-0.1, -0.05) is 51.0 Å². The maximum atomic E-state index is 12.3. The van der Waals surface area contributed by atoms with E-state index in [1.165, 1.54) is 85.3 Å². The topological polar surface area (TPSA) is 158 Å². The maximum absolute atomic E-state index is 12.3.